The van der Waals surface area contributed by atoms with Crippen LogP contribution in [0.3, 0.4) is 0 Å². The molecule has 0 spiro atoms. The number of carbonyl (C=O) groups is 2. The molecular weight excluding hydrogens is 148 g/mol. The monoisotopic (exact) mass is 156 g/mol. The first-order valence-electron chi connectivity index (χ1n) is 3.34. The van der Waals surface area contributed by atoms with Gasteiger partial charge in [0.2, 0.25) is 5.76 Å². The summed E-state index contributed by atoms with van der Waals surface area (Å²) in [6.07, 6.45) is 1.84. The zero-order chi connectivity index (χ0) is 8.27. The normalized spacial score (nSPS) is 16.3. The highest BCUT2D eigenvalue weighted by Gasteiger charge is 2.24. The topological polar surface area (TPSA) is 52.6 Å². The summed E-state index contributed by atoms with van der Waals surface area (Å²) >= 11 is 0. The van der Waals surface area contributed by atoms with E-state index in [-0.39, 0.29) is 5.76 Å². The molecule has 11 heavy (non-hydrogen) atoms. The van der Waals surface area contributed by atoms with Gasteiger partial charge in [0.25, 0.3) is 0 Å². The minimum atomic E-state index is -0.691. The molecule has 0 bridgehead atoms. The van der Waals surface area contributed by atoms with Crippen molar-refractivity contribution in [3.8, 4) is 0 Å². The van der Waals surface area contributed by atoms with E-state index >= 15 is 0 Å². The molecule has 1 aliphatic rings. The Labute approximate surface area is 63.8 Å². The fourth-order valence-corrected chi connectivity index (χ4v) is 0.650. The Morgan fingerprint density at radius 1 is 1.55 bits per heavy atom. The van der Waals surface area contributed by atoms with Crippen LogP contribution in [0.5, 0.6) is 0 Å². The second kappa shape index (κ2) is 3.18. The van der Waals surface area contributed by atoms with Gasteiger partial charge in [-0.25, -0.2) is 9.59 Å². The third-order valence-electron chi connectivity index (χ3n) is 1.11. The number of ether oxygens (including phenoxy) is 2. The first-order chi connectivity index (χ1) is 5.24. The molecule has 0 unspecified atom stereocenters. The van der Waals surface area contributed by atoms with E-state index in [2.05, 4.69) is 4.74 Å². The van der Waals surface area contributed by atoms with Crippen molar-refractivity contribution in [3.05, 3.63) is 11.8 Å². The van der Waals surface area contributed by atoms with Crippen molar-refractivity contribution >= 4 is 11.9 Å². The quantitative estimate of drug-likeness (QED) is 0.438. The predicted molar refractivity (Wildman–Crippen MR) is 35.4 cm³/mol. The summed E-state index contributed by atoms with van der Waals surface area (Å²) in [6.45, 7) is 2.33. The fourth-order valence-electron chi connectivity index (χ4n) is 0.650. The molecule has 0 saturated heterocycles. The molecule has 0 fully saturated rings. The highest BCUT2D eigenvalue weighted by Crippen LogP contribution is 2.09. The molecular formula is C7H8O4. The van der Waals surface area contributed by atoms with Crippen LogP contribution in [-0.2, 0) is 19.1 Å². The van der Waals surface area contributed by atoms with Crippen LogP contribution in [-0.4, -0.2) is 18.5 Å². The van der Waals surface area contributed by atoms with Crippen LogP contribution < -0.4 is 0 Å². The van der Waals surface area contributed by atoms with Crippen molar-refractivity contribution in [2.45, 2.75) is 13.3 Å². The largest absolute Gasteiger partial charge is 0.486 e. The number of hydrogen-bond donors (Lipinski definition) is 0. The van der Waals surface area contributed by atoms with Gasteiger partial charge in [0.15, 0.2) is 0 Å². The van der Waals surface area contributed by atoms with Crippen LogP contribution in [0.4, 0.5) is 0 Å². The third kappa shape index (κ3) is 1.80. The molecule has 4 nitrogen and oxygen atoms in total. The highest BCUT2D eigenvalue weighted by molar-refractivity contribution is 6.07. The van der Waals surface area contributed by atoms with E-state index in [4.69, 9.17) is 4.74 Å². The van der Waals surface area contributed by atoms with Crippen molar-refractivity contribution < 1.29 is 19.1 Å². The lowest BCUT2D eigenvalue weighted by Gasteiger charge is -1.99. The molecule has 1 rings (SSSR count). The molecule has 4 heteroatoms. The van der Waals surface area contributed by atoms with E-state index in [9.17, 15) is 9.59 Å². The molecule has 0 radical (unpaired) electrons. The summed E-state index contributed by atoms with van der Waals surface area (Å²) in [7, 11) is 0. The van der Waals surface area contributed by atoms with E-state index in [0.29, 0.717) is 6.61 Å². The molecule has 0 amide bonds. The first-order valence-corrected chi connectivity index (χ1v) is 3.34. The molecule has 0 aromatic heterocycles. The highest BCUT2D eigenvalue weighted by atomic mass is 16.6. The maximum Gasteiger partial charge on any atom is 0.381 e. The average molecular weight is 156 g/mol. The van der Waals surface area contributed by atoms with Crippen molar-refractivity contribution in [1.82, 2.24) is 0 Å². The van der Waals surface area contributed by atoms with E-state index in [0.717, 1.165) is 12.5 Å². The van der Waals surface area contributed by atoms with E-state index in [1.807, 2.05) is 6.92 Å². The van der Waals surface area contributed by atoms with Gasteiger partial charge in [0.1, 0.15) is 0 Å². The minimum absolute atomic E-state index is 0.0110. The van der Waals surface area contributed by atoms with Gasteiger partial charge in [-0.15, -0.1) is 0 Å². The summed E-state index contributed by atoms with van der Waals surface area (Å²) in [4.78, 5) is 21.1. The van der Waals surface area contributed by atoms with Gasteiger partial charge in [-0.3, -0.25) is 0 Å². The lowest BCUT2D eigenvalue weighted by Crippen LogP contribution is -2.04. The number of hydrogen-bond acceptors (Lipinski definition) is 4. The molecule has 0 N–H and O–H groups in total. The van der Waals surface area contributed by atoms with Crippen LogP contribution in [0.2, 0.25) is 0 Å². The SMILES string of the molecule is CCCOC1=CC(=O)OC1=O. The smallest absolute Gasteiger partial charge is 0.381 e. The lowest BCUT2D eigenvalue weighted by atomic mass is 10.5. The van der Waals surface area contributed by atoms with Crippen LogP contribution in [0, 0.1) is 0 Å². The van der Waals surface area contributed by atoms with Gasteiger partial charge in [-0.2, -0.15) is 0 Å². The number of rotatable bonds is 3. The zero-order valence-corrected chi connectivity index (χ0v) is 6.12. The Kier molecular flexibility index (Phi) is 2.25. The minimum Gasteiger partial charge on any atom is -0.486 e. The summed E-state index contributed by atoms with van der Waals surface area (Å²) in [6, 6.07) is 0. The Morgan fingerprint density at radius 2 is 2.27 bits per heavy atom. The van der Waals surface area contributed by atoms with Gasteiger partial charge in [0, 0.05) is 0 Å². The lowest BCUT2D eigenvalue weighted by molar-refractivity contribution is -0.152. The van der Waals surface area contributed by atoms with Crippen molar-refractivity contribution in [2.24, 2.45) is 0 Å². The molecule has 0 atom stereocenters. The van der Waals surface area contributed by atoms with Gasteiger partial charge in [0.05, 0.1) is 12.7 Å². The second-order valence-electron chi connectivity index (χ2n) is 2.07. The van der Waals surface area contributed by atoms with Crippen LogP contribution >= 0.6 is 0 Å². The maximum absolute atomic E-state index is 10.7. The predicted octanol–water partition coefficient (Wildman–Crippen LogP) is 0.380. The van der Waals surface area contributed by atoms with Gasteiger partial charge >= 0.3 is 11.9 Å². The number of cyclic esters (lactones) is 2. The molecule has 1 aliphatic heterocycles. The molecule has 0 aromatic rings. The van der Waals surface area contributed by atoms with Crippen LogP contribution in [0.25, 0.3) is 0 Å². The van der Waals surface area contributed by atoms with Gasteiger partial charge in [-0.1, -0.05) is 6.92 Å². The number of carbonyl (C=O) groups excluding carboxylic acids is 2. The zero-order valence-electron chi connectivity index (χ0n) is 6.12. The van der Waals surface area contributed by atoms with Gasteiger partial charge < -0.3 is 9.47 Å². The summed E-state index contributed by atoms with van der Waals surface area (Å²) in [5.74, 6) is -1.33. The molecule has 0 aromatic carbocycles. The van der Waals surface area contributed by atoms with E-state index in [1.165, 1.54) is 0 Å². The number of esters is 2. The van der Waals surface area contributed by atoms with Crippen LogP contribution in [0.15, 0.2) is 11.8 Å². The molecule has 1 heterocycles. The molecule has 0 aliphatic carbocycles. The second-order valence-corrected chi connectivity index (χ2v) is 2.07. The summed E-state index contributed by atoms with van der Waals surface area (Å²) < 4.78 is 9.08. The van der Waals surface area contributed by atoms with Crippen LogP contribution in [0.1, 0.15) is 13.3 Å². The fraction of sp³-hybridized carbons (Fsp3) is 0.429. The molecule has 60 valence electrons. The molecule has 0 saturated carbocycles. The van der Waals surface area contributed by atoms with Crippen molar-refractivity contribution in [2.75, 3.05) is 6.61 Å². The van der Waals surface area contributed by atoms with E-state index < -0.39 is 11.9 Å². The standard InChI is InChI=1S/C7H8O4/c1-2-3-10-5-4-6(8)11-7(5)9/h4H,2-3H2,1H3. The van der Waals surface area contributed by atoms with E-state index in [1.54, 1.807) is 0 Å². The Balaban J connectivity index is 2.50. The van der Waals surface area contributed by atoms with Crippen molar-refractivity contribution in [1.29, 1.82) is 0 Å². The first kappa shape index (κ1) is 7.78. The maximum atomic E-state index is 10.7. The summed E-state index contributed by atoms with van der Waals surface area (Å²) in [5, 5.41) is 0. The average Bonchev–Trinajstić information content (AvgIpc) is 2.26. The summed E-state index contributed by atoms with van der Waals surface area (Å²) in [5.41, 5.74) is 0. The Bertz CT molecular complexity index is 216. The van der Waals surface area contributed by atoms with Crippen molar-refractivity contribution in [3.63, 3.8) is 0 Å². The Hall–Kier alpha value is -1.32. The van der Waals surface area contributed by atoms with Gasteiger partial charge in [-0.05, 0) is 6.42 Å². The Morgan fingerprint density at radius 3 is 2.73 bits per heavy atom. The third-order valence-corrected chi connectivity index (χ3v) is 1.11.